The Balaban J connectivity index is 2.13. The number of carboxylic acid groups (broad SMARTS) is 1. The molecule has 6 nitrogen and oxygen atoms in total. The molecule has 104 valence electrons. The number of rotatable bonds is 2. The number of nitrogens with zero attached hydrogens (tertiary/aromatic N) is 2. The number of hydrogen-bond donors (Lipinski definition) is 1. The van der Waals surface area contributed by atoms with Crippen molar-refractivity contribution in [1.82, 2.24) is 4.90 Å². The number of anilines is 1. The van der Waals surface area contributed by atoms with Gasteiger partial charge in [0.15, 0.2) is 0 Å². The van der Waals surface area contributed by atoms with Crippen LogP contribution >= 0.6 is 0 Å². The van der Waals surface area contributed by atoms with E-state index in [1.54, 1.807) is 29.2 Å². The van der Waals surface area contributed by atoms with Crippen molar-refractivity contribution >= 4 is 23.5 Å². The highest BCUT2D eigenvalue weighted by Crippen LogP contribution is 2.31. The van der Waals surface area contributed by atoms with Gasteiger partial charge in [0.25, 0.3) is 5.91 Å². The first-order chi connectivity index (χ1) is 9.59. The molecule has 0 aromatic heterocycles. The van der Waals surface area contributed by atoms with Gasteiger partial charge in [-0.3, -0.25) is 19.3 Å². The van der Waals surface area contributed by atoms with Crippen molar-refractivity contribution in [2.75, 3.05) is 18.0 Å². The van der Waals surface area contributed by atoms with Crippen LogP contribution in [0.4, 0.5) is 5.69 Å². The van der Waals surface area contributed by atoms with Crippen molar-refractivity contribution in [3.05, 3.63) is 29.8 Å². The predicted molar refractivity (Wildman–Crippen MR) is 70.5 cm³/mol. The number of fused-ring (bicyclic) bond motifs is 2. The first-order valence-electron chi connectivity index (χ1n) is 6.53. The van der Waals surface area contributed by atoms with Gasteiger partial charge < -0.3 is 10.0 Å². The van der Waals surface area contributed by atoms with Gasteiger partial charge in [0.2, 0.25) is 5.91 Å². The number of hydrogen-bond acceptors (Lipinski definition) is 3. The summed E-state index contributed by atoms with van der Waals surface area (Å²) in [5, 5.41) is 9.01. The molecule has 1 N–H and O–H groups in total. The van der Waals surface area contributed by atoms with Crippen molar-refractivity contribution in [2.45, 2.75) is 18.9 Å². The standard InChI is InChI=1S/C14H14N2O4/c17-12(18)8-16-10-5-2-1-4-9(10)13(19)15-7-3-6-11(15)14(16)20/h1-2,4-5,11H,3,6-8H2,(H,17,18)/t11-/m1/s1. The van der Waals surface area contributed by atoms with Crippen LogP contribution in [0.5, 0.6) is 0 Å². The number of aliphatic carboxylic acids is 1. The van der Waals surface area contributed by atoms with Crippen molar-refractivity contribution in [2.24, 2.45) is 0 Å². The molecule has 0 bridgehead atoms. The normalized spacial score (nSPS) is 21.5. The summed E-state index contributed by atoms with van der Waals surface area (Å²) in [6.45, 7) is 0.123. The number of amides is 2. The van der Waals surface area contributed by atoms with Crippen LogP contribution in [0, 0.1) is 0 Å². The van der Waals surface area contributed by atoms with Crippen molar-refractivity contribution in [3.8, 4) is 0 Å². The van der Waals surface area contributed by atoms with Gasteiger partial charge in [0, 0.05) is 6.54 Å². The van der Waals surface area contributed by atoms with Crippen LogP contribution in [0.2, 0.25) is 0 Å². The third-order valence-corrected chi connectivity index (χ3v) is 3.78. The zero-order valence-electron chi connectivity index (χ0n) is 10.8. The van der Waals surface area contributed by atoms with Crippen LogP contribution in [0.1, 0.15) is 23.2 Å². The molecule has 0 spiro atoms. The lowest BCUT2D eigenvalue weighted by atomic mass is 10.1. The van der Waals surface area contributed by atoms with Gasteiger partial charge in [0.05, 0.1) is 11.3 Å². The summed E-state index contributed by atoms with van der Waals surface area (Å²) in [5.41, 5.74) is 0.783. The molecule has 2 aliphatic heterocycles. The Morgan fingerprint density at radius 2 is 2.05 bits per heavy atom. The summed E-state index contributed by atoms with van der Waals surface area (Å²) in [7, 11) is 0. The quantitative estimate of drug-likeness (QED) is 0.862. The monoisotopic (exact) mass is 274 g/mol. The van der Waals surface area contributed by atoms with Crippen molar-refractivity contribution in [1.29, 1.82) is 0 Å². The molecular formula is C14H14N2O4. The van der Waals surface area contributed by atoms with Gasteiger partial charge in [0.1, 0.15) is 12.6 Å². The molecule has 3 rings (SSSR count). The minimum Gasteiger partial charge on any atom is -0.480 e. The van der Waals surface area contributed by atoms with E-state index in [2.05, 4.69) is 0 Å². The smallest absolute Gasteiger partial charge is 0.323 e. The Labute approximate surface area is 115 Å². The molecule has 2 aliphatic rings. The van der Waals surface area contributed by atoms with Crippen LogP contribution in [0.15, 0.2) is 24.3 Å². The van der Waals surface area contributed by atoms with Gasteiger partial charge in [-0.15, -0.1) is 0 Å². The topological polar surface area (TPSA) is 77.9 Å². The molecule has 6 heteroatoms. The first kappa shape index (κ1) is 12.7. The second-order valence-electron chi connectivity index (χ2n) is 4.99. The summed E-state index contributed by atoms with van der Waals surface area (Å²) in [5.74, 6) is -1.58. The summed E-state index contributed by atoms with van der Waals surface area (Å²) in [6, 6.07) is 6.15. The fourth-order valence-electron chi connectivity index (χ4n) is 2.91. The lowest BCUT2D eigenvalue weighted by Crippen LogP contribution is -2.46. The lowest BCUT2D eigenvalue weighted by Gasteiger charge is -2.24. The number of carbonyl (C=O) groups excluding carboxylic acids is 2. The molecule has 0 radical (unpaired) electrons. The van der Waals surface area contributed by atoms with Gasteiger partial charge in [-0.05, 0) is 25.0 Å². The van der Waals surface area contributed by atoms with E-state index in [-0.39, 0.29) is 11.8 Å². The number of para-hydroxylation sites is 1. The third kappa shape index (κ3) is 1.84. The Bertz CT molecular complexity index is 599. The Morgan fingerprint density at radius 3 is 2.80 bits per heavy atom. The molecule has 2 amide bonds. The minimum absolute atomic E-state index is 0.190. The van der Waals surface area contributed by atoms with E-state index in [0.717, 1.165) is 6.42 Å². The number of carbonyl (C=O) groups is 3. The second kappa shape index (κ2) is 4.63. The van der Waals surface area contributed by atoms with Gasteiger partial charge in [-0.2, -0.15) is 0 Å². The largest absolute Gasteiger partial charge is 0.480 e. The van der Waals surface area contributed by atoms with E-state index >= 15 is 0 Å². The molecule has 1 fully saturated rings. The predicted octanol–water partition coefficient (Wildman–Crippen LogP) is 0.722. The molecular weight excluding hydrogens is 260 g/mol. The molecule has 1 aromatic rings. The minimum atomic E-state index is -1.09. The van der Waals surface area contributed by atoms with Crippen LogP contribution in [0.3, 0.4) is 0 Å². The van der Waals surface area contributed by atoms with Gasteiger partial charge in [-0.1, -0.05) is 12.1 Å². The van der Waals surface area contributed by atoms with E-state index in [4.69, 9.17) is 5.11 Å². The van der Waals surface area contributed by atoms with Crippen LogP contribution in [-0.2, 0) is 9.59 Å². The highest BCUT2D eigenvalue weighted by molar-refractivity contribution is 6.12. The molecule has 20 heavy (non-hydrogen) atoms. The highest BCUT2D eigenvalue weighted by atomic mass is 16.4. The number of carboxylic acids is 1. The molecule has 1 saturated heterocycles. The van der Waals surface area contributed by atoms with Crippen LogP contribution < -0.4 is 4.90 Å². The maximum atomic E-state index is 12.5. The molecule has 0 saturated carbocycles. The Hall–Kier alpha value is -2.37. The molecule has 1 aromatic carbocycles. The summed E-state index contributed by atoms with van der Waals surface area (Å²) in [6.07, 6.45) is 1.36. The highest BCUT2D eigenvalue weighted by Gasteiger charge is 2.42. The molecule has 0 unspecified atom stereocenters. The van der Waals surface area contributed by atoms with E-state index in [1.807, 2.05) is 0 Å². The zero-order chi connectivity index (χ0) is 14.3. The van der Waals surface area contributed by atoms with E-state index in [9.17, 15) is 14.4 Å². The molecule has 1 atom stereocenters. The van der Waals surface area contributed by atoms with Crippen molar-refractivity contribution in [3.63, 3.8) is 0 Å². The fourth-order valence-corrected chi connectivity index (χ4v) is 2.91. The summed E-state index contributed by atoms with van der Waals surface area (Å²) in [4.78, 5) is 38.8. The van der Waals surface area contributed by atoms with Crippen LogP contribution in [0.25, 0.3) is 0 Å². The molecule has 2 heterocycles. The third-order valence-electron chi connectivity index (χ3n) is 3.78. The zero-order valence-corrected chi connectivity index (χ0v) is 10.8. The van der Waals surface area contributed by atoms with Gasteiger partial charge in [-0.25, -0.2) is 0 Å². The maximum absolute atomic E-state index is 12.5. The Kier molecular flexibility index (Phi) is 2.93. The maximum Gasteiger partial charge on any atom is 0.323 e. The van der Waals surface area contributed by atoms with E-state index < -0.39 is 18.6 Å². The summed E-state index contributed by atoms with van der Waals surface area (Å²) < 4.78 is 0. The van der Waals surface area contributed by atoms with Gasteiger partial charge >= 0.3 is 5.97 Å². The number of benzene rings is 1. The first-order valence-corrected chi connectivity index (χ1v) is 6.53. The van der Waals surface area contributed by atoms with Crippen LogP contribution in [-0.4, -0.2) is 46.9 Å². The summed E-state index contributed by atoms with van der Waals surface area (Å²) >= 11 is 0. The van der Waals surface area contributed by atoms with Crippen molar-refractivity contribution < 1.29 is 19.5 Å². The Morgan fingerprint density at radius 1 is 1.30 bits per heavy atom. The average molecular weight is 274 g/mol. The SMILES string of the molecule is O=C(O)CN1C(=O)[C@H]2CCCN2C(=O)c2ccccc21. The average Bonchev–Trinajstić information content (AvgIpc) is 2.89. The molecule has 0 aliphatic carbocycles. The second-order valence-corrected chi connectivity index (χ2v) is 4.99. The van der Waals surface area contributed by atoms with E-state index in [0.29, 0.717) is 24.2 Å². The van der Waals surface area contributed by atoms with E-state index in [1.165, 1.54) is 4.90 Å². The lowest BCUT2D eigenvalue weighted by molar-refractivity contribution is -0.137. The fraction of sp³-hybridized carbons (Fsp3) is 0.357.